The average Bonchev–Trinajstić information content (AvgIpc) is 2.37. The van der Waals surface area contributed by atoms with Gasteiger partial charge in [-0.3, -0.25) is 0 Å². The van der Waals surface area contributed by atoms with Crippen LogP contribution >= 0.6 is 0 Å². The Morgan fingerprint density at radius 1 is 1.50 bits per heavy atom. The van der Waals surface area contributed by atoms with E-state index in [0.717, 1.165) is 36.5 Å². The lowest BCUT2D eigenvalue weighted by molar-refractivity contribution is 0.194. The van der Waals surface area contributed by atoms with E-state index < -0.39 is 6.10 Å². The number of hydrogen-bond acceptors (Lipinski definition) is 3. The first-order chi connectivity index (χ1) is 8.65. The number of rotatable bonds is 7. The summed E-state index contributed by atoms with van der Waals surface area (Å²) in [7, 11) is 1.63. The number of anilines is 1. The Bertz CT molecular complexity index is 388. The molecular weight excluding hydrogens is 226 g/mol. The monoisotopic (exact) mass is 249 g/mol. The molecule has 1 N–H and O–H groups in total. The molecule has 1 rings (SSSR count). The van der Waals surface area contributed by atoms with Crippen molar-refractivity contribution in [3.05, 3.63) is 36.4 Å². The second-order valence-electron chi connectivity index (χ2n) is 4.30. The molecule has 0 radical (unpaired) electrons. The van der Waals surface area contributed by atoms with Gasteiger partial charge < -0.3 is 14.7 Å². The number of nitrogens with zero attached hydrogens (tertiary/aromatic N) is 1. The van der Waals surface area contributed by atoms with Crippen LogP contribution in [0.4, 0.5) is 5.69 Å². The lowest BCUT2D eigenvalue weighted by atomic mass is 10.1. The molecule has 0 aliphatic carbocycles. The lowest BCUT2D eigenvalue weighted by Gasteiger charge is -2.27. The van der Waals surface area contributed by atoms with Crippen molar-refractivity contribution in [2.45, 2.75) is 26.4 Å². The summed E-state index contributed by atoms with van der Waals surface area (Å²) in [6, 6.07) is 5.85. The van der Waals surface area contributed by atoms with Gasteiger partial charge in [0, 0.05) is 24.3 Å². The van der Waals surface area contributed by atoms with Crippen LogP contribution in [0, 0.1) is 0 Å². The van der Waals surface area contributed by atoms with Gasteiger partial charge in [-0.15, -0.1) is 6.58 Å². The fraction of sp³-hybridized carbons (Fsp3) is 0.467. The smallest absolute Gasteiger partial charge is 0.126 e. The van der Waals surface area contributed by atoms with Crippen LogP contribution in [-0.4, -0.2) is 25.3 Å². The zero-order valence-electron chi connectivity index (χ0n) is 11.5. The molecule has 0 aromatic heterocycles. The normalized spacial score (nSPS) is 12.0. The number of benzene rings is 1. The average molecular weight is 249 g/mol. The molecule has 1 aromatic rings. The van der Waals surface area contributed by atoms with Gasteiger partial charge in [0.05, 0.1) is 13.2 Å². The van der Waals surface area contributed by atoms with E-state index in [1.54, 1.807) is 14.0 Å². The molecule has 0 heterocycles. The Kier molecular flexibility index (Phi) is 5.72. The lowest BCUT2D eigenvalue weighted by Crippen LogP contribution is -2.25. The van der Waals surface area contributed by atoms with Crippen LogP contribution < -0.4 is 9.64 Å². The Hall–Kier alpha value is -1.48. The van der Waals surface area contributed by atoms with Crippen LogP contribution in [0.1, 0.15) is 31.9 Å². The summed E-state index contributed by atoms with van der Waals surface area (Å²) in [5, 5.41) is 9.97. The molecule has 3 heteroatoms. The van der Waals surface area contributed by atoms with Gasteiger partial charge in [0.2, 0.25) is 0 Å². The highest BCUT2D eigenvalue weighted by Crippen LogP contribution is 2.34. The maximum atomic E-state index is 9.97. The van der Waals surface area contributed by atoms with Gasteiger partial charge >= 0.3 is 0 Å². The van der Waals surface area contributed by atoms with Gasteiger partial charge in [-0.2, -0.15) is 0 Å². The summed E-state index contributed by atoms with van der Waals surface area (Å²) in [5.41, 5.74) is 1.86. The van der Waals surface area contributed by atoms with Crippen molar-refractivity contribution in [2.24, 2.45) is 0 Å². The van der Waals surface area contributed by atoms with E-state index in [4.69, 9.17) is 4.74 Å². The summed E-state index contributed by atoms with van der Waals surface area (Å²) in [5.74, 6) is 0.729. The predicted molar refractivity (Wildman–Crippen MR) is 76.3 cm³/mol. The number of aliphatic hydroxyl groups is 1. The van der Waals surface area contributed by atoms with E-state index >= 15 is 0 Å². The third-order valence-electron chi connectivity index (χ3n) is 2.86. The van der Waals surface area contributed by atoms with E-state index in [9.17, 15) is 5.11 Å². The van der Waals surface area contributed by atoms with Crippen LogP contribution in [0.3, 0.4) is 0 Å². The van der Waals surface area contributed by atoms with Gasteiger partial charge in [-0.25, -0.2) is 0 Å². The van der Waals surface area contributed by atoms with E-state index in [0.29, 0.717) is 0 Å². The van der Waals surface area contributed by atoms with E-state index in [2.05, 4.69) is 18.4 Å². The fourth-order valence-electron chi connectivity index (χ4n) is 2.14. The van der Waals surface area contributed by atoms with Crippen molar-refractivity contribution >= 4 is 5.69 Å². The molecule has 0 spiro atoms. The molecular formula is C15H23NO2. The van der Waals surface area contributed by atoms with Gasteiger partial charge in [-0.05, 0) is 25.5 Å². The van der Waals surface area contributed by atoms with Gasteiger partial charge in [-0.1, -0.05) is 19.1 Å². The molecule has 0 fully saturated rings. The van der Waals surface area contributed by atoms with Crippen molar-refractivity contribution in [3.63, 3.8) is 0 Å². The number of hydrogen-bond donors (Lipinski definition) is 1. The first kappa shape index (κ1) is 14.6. The minimum Gasteiger partial charge on any atom is -0.496 e. The van der Waals surface area contributed by atoms with Crippen LogP contribution in [-0.2, 0) is 0 Å². The SMILES string of the molecule is C=CCN(CCC)c1cccc(OC)c1C(C)O. The molecule has 0 aliphatic rings. The predicted octanol–water partition coefficient (Wildman–Crippen LogP) is 3.15. The standard InChI is InChI=1S/C15H23NO2/c1-5-10-16(11-6-2)13-8-7-9-14(18-4)15(13)12(3)17/h5,7-9,12,17H,1,6,10-11H2,2-4H3. The van der Waals surface area contributed by atoms with Gasteiger partial charge in [0.15, 0.2) is 0 Å². The second kappa shape index (κ2) is 7.07. The highest BCUT2D eigenvalue weighted by molar-refractivity contribution is 5.60. The van der Waals surface area contributed by atoms with Crippen LogP contribution in [0.15, 0.2) is 30.9 Å². The zero-order valence-corrected chi connectivity index (χ0v) is 11.5. The minimum absolute atomic E-state index is 0.555. The zero-order chi connectivity index (χ0) is 13.5. The van der Waals surface area contributed by atoms with Crippen molar-refractivity contribution in [1.82, 2.24) is 0 Å². The maximum absolute atomic E-state index is 9.97. The highest BCUT2D eigenvalue weighted by Gasteiger charge is 2.17. The largest absolute Gasteiger partial charge is 0.496 e. The van der Waals surface area contributed by atoms with Crippen molar-refractivity contribution in [2.75, 3.05) is 25.1 Å². The van der Waals surface area contributed by atoms with Crippen LogP contribution in [0.25, 0.3) is 0 Å². The quantitative estimate of drug-likeness (QED) is 0.753. The maximum Gasteiger partial charge on any atom is 0.126 e. The summed E-state index contributed by atoms with van der Waals surface area (Å²) in [4.78, 5) is 2.21. The molecule has 18 heavy (non-hydrogen) atoms. The second-order valence-corrected chi connectivity index (χ2v) is 4.30. The van der Waals surface area contributed by atoms with Crippen molar-refractivity contribution in [3.8, 4) is 5.75 Å². The summed E-state index contributed by atoms with van der Waals surface area (Å²) in [6.07, 6.45) is 2.37. The topological polar surface area (TPSA) is 32.7 Å². The molecule has 1 aromatic carbocycles. The van der Waals surface area contributed by atoms with Crippen LogP contribution in [0.2, 0.25) is 0 Å². The summed E-state index contributed by atoms with van der Waals surface area (Å²) >= 11 is 0. The molecule has 0 saturated heterocycles. The first-order valence-corrected chi connectivity index (χ1v) is 6.36. The fourth-order valence-corrected chi connectivity index (χ4v) is 2.14. The molecule has 3 nitrogen and oxygen atoms in total. The molecule has 0 amide bonds. The Morgan fingerprint density at radius 2 is 2.22 bits per heavy atom. The number of ether oxygens (including phenoxy) is 1. The van der Waals surface area contributed by atoms with Gasteiger partial charge in [0.1, 0.15) is 5.75 Å². The van der Waals surface area contributed by atoms with Crippen LogP contribution in [0.5, 0.6) is 5.75 Å². The number of aliphatic hydroxyl groups excluding tert-OH is 1. The summed E-state index contributed by atoms with van der Waals surface area (Å²) < 4.78 is 5.34. The molecule has 1 atom stereocenters. The number of methoxy groups -OCH3 is 1. The third kappa shape index (κ3) is 3.26. The minimum atomic E-state index is -0.555. The Balaban J connectivity index is 3.22. The first-order valence-electron chi connectivity index (χ1n) is 6.36. The van der Waals surface area contributed by atoms with Gasteiger partial charge in [0.25, 0.3) is 0 Å². The highest BCUT2D eigenvalue weighted by atomic mass is 16.5. The third-order valence-corrected chi connectivity index (χ3v) is 2.86. The Labute approximate surface area is 110 Å². The molecule has 100 valence electrons. The summed E-state index contributed by atoms with van der Waals surface area (Å²) in [6.45, 7) is 9.38. The van der Waals surface area contributed by atoms with E-state index in [-0.39, 0.29) is 0 Å². The van der Waals surface area contributed by atoms with E-state index in [1.165, 1.54) is 0 Å². The molecule has 0 aliphatic heterocycles. The molecule has 0 bridgehead atoms. The van der Waals surface area contributed by atoms with E-state index in [1.807, 2.05) is 24.3 Å². The Morgan fingerprint density at radius 3 is 2.72 bits per heavy atom. The van der Waals surface area contributed by atoms with Crippen molar-refractivity contribution in [1.29, 1.82) is 0 Å². The van der Waals surface area contributed by atoms with Crippen molar-refractivity contribution < 1.29 is 9.84 Å². The molecule has 1 unspecified atom stereocenters. The molecule has 0 saturated carbocycles.